The highest BCUT2D eigenvalue weighted by molar-refractivity contribution is 5.84. The zero-order valence-corrected chi connectivity index (χ0v) is 24.2. The molecule has 1 aliphatic carbocycles. The zero-order valence-electron chi connectivity index (χ0n) is 24.2. The first-order valence-electron chi connectivity index (χ1n) is 14.0. The van der Waals surface area contributed by atoms with Gasteiger partial charge in [-0.25, -0.2) is 4.39 Å². The third-order valence-corrected chi connectivity index (χ3v) is 7.75. The number of nitrogens with one attached hydrogen (secondary N) is 1. The van der Waals surface area contributed by atoms with Gasteiger partial charge in [-0.2, -0.15) is 0 Å². The highest BCUT2D eigenvalue weighted by atomic mass is 19.1. The van der Waals surface area contributed by atoms with E-state index in [1.54, 1.807) is 22.9 Å². The maximum Gasteiger partial charge on any atom is 0.126 e. The van der Waals surface area contributed by atoms with Gasteiger partial charge < -0.3 is 11.2 Å². The predicted octanol–water partition coefficient (Wildman–Crippen LogP) is 7.44. The number of nitrogen functional groups attached to an aromatic ring is 1. The van der Waals surface area contributed by atoms with Crippen LogP contribution in [0.4, 0.5) is 4.39 Å². The van der Waals surface area contributed by atoms with Crippen LogP contribution in [0.5, 0.6) is 0 Å². The molecule has 0 spiro atoms. The number of fused-ring (bicyclic) bond motifs is 1. The van der Waals surface area contributed by atoms with E-state index in [1.165, 1.54) is 30.3 Å². The highest BCUT2D eigenvalue weighted by Gasteiger charge is 2.40. The molecule has 5 rings (SSSR count). The minimum atomic E-state index is -0.0486. The fraction of sp³-hybridized carbons (Fsp3) is 0.314. The normalized spacial score (nSPS) is 17.6. The van der Waals surface area contributed by atoms with Crippen molar-refractivity contribution in [2.75, 3.05) is 26.0 Å². The number of benzene rings is 2. The average molecular weight is 541 g/mol. The molecule has 4 nitrogen and oxygen atoms in total. The Balaban J connectivity index is 0.000000168. The van der Waals surface area contributed by atoms with Gasteiger partial charge >= 0.3 is 0 Å². The molecular weight excluding hydrogens is 495 g/mol. The van der Waals surface area contributed by atoms with Crippen LogP contribution in [0.25, 0.3) is 10.9 Å². The number of para-hydroxylation sites is 1. The van der Waals surface area contributed by atoms with E-state index in [0.717, 1.165) is 48.2 Å². The number of aromatic nitrogens is 1. The number of rotatable bonds is 9. The van der Waals surface area contributed by atoms with Crippen molar-refractivity contribution in [3.05, 3.63) is 134 Å². The fourth-order valence-electron chi connectivity index (χ4n) is 5.04. The molecule has 1 saturated carbocycles. The molecule has 3 N–H and O–H groups in total. The first-order chi connectivity index (χ1) is 19.2. The van der Waals surface area contributed by atoms with Crippen LogP contribution in [-0.4, -0.2) is 35.8 Å². The Kier molecular flexibility index (Phi) is 11.2. The number of allylic oxidation sites excluding steroid dienone is 3. The smallest absolute Gasteiger partial charge is 0.126 e. The topological polar surface area (TPSA) is 46.2 Å². The van der Waals surface area contributed by atoms with Crippen molar-refractivity contribution in [2.45, 2.75) is 50.5 Å². The minimum Gasteiger partial charge on any atom is -0.383 e. The van der Waals surface area contributed by atoms with E-state index in [9.17, 15) is 4.39 Å². The molecule has 2 aromatic carbocycles. The van der Waals surface area contributed by atoms with Gasteiger partial charge in [0.15, 0.2) is 0 Å². The summed E-state index contributed by atoms with van der Waals surface area (Å²) in [7, 11) is 2.15. The third-order valence-electron chi connectivity index (χ3n) is 7.75. The molecule has 1 atom stereocenters. The van der Waals surface area contributed by atoms with Crippen LogP contribution in [0.1, 0.15) is 43.7 Å². The fourth-order valence-corrected chi connectivity index (χ4v) is 5.04. The van der Waals surface area contributed by atoms with Crippen LogP contribution >= 0.6 is 0 Å². The summed E-state index contributed by atoms with van der Waals surface area (Å²) in [5.41, 5.74) is 5.59. The van der Waals surface area contributed by atoms with Crippen molar-refractivity contribution >= 4 is 10.9 Å². The Morgan fingerprint density at radius 3 is 2.42 bits per heavy atom. The van der Waals surface area contributed by atoms with E-state index in [1.807, 2.05) is 54.8 Å². The van der Waals surface area contributed by atoms with Crippen LogP contribution < -0.4 is 11.2 Å². The molecule has 1 unspecified atom stereocenters. The van der Waals surface area contributed by atoms with Crippen LogP contribution in [0.3, 0.4) is 0 Å². The van der Waals surface area contributed by atoms with Crippen LogP contribution in [0.15, 0.2) is 117 Å². The standard InChI is InChI=1S/C14H22N2.C11H12N2.C10H11F/c1-5-8-13(6-2)11-15-12(3)14-9-7-10-16(14)4;1-2-5-9-8-13(12)11-7-4-3-6-10(9)11;1-10(6-7-10)8-4-2-3-5-9(8)11/h5-6,8,14-15H,1-3,7,9-11H2,4H3;2-4,6-8H,1,5,12H2;2-5H,6-7H2,1H3/b13-8+;;. The van der Waals surface area contributed by atoms with Gasteiger partial charge in [0.25, 0.3) is 0 Å². The van der Waals surface area contributed by atoms with Crippen molar-refractivity contribution in [3.8, 4) is 0 Å². The van der Waals surface area contributed by atoms with Gasteiger partial charge in [-0.15, -0.1) is 6.58 Å². The number of nitrogens with two attached hydrogens (primary N) is 1. The van der Waals surface area contributed by atoms with Gasteiger partial charge in [0.1, 0.15) is 5.82 Å². The van der Waals surface area contributed by atoms with Gasteiger partial charge in [0.05, 0.1) is 5.52 Å². The molecule has 1 saturated heterocycles. The van der Waals surface area contributed by atoms with E-state index in [0.29, 0.717) is 6.04 Å². The number of halogens is 1. The summed E-state index contributed by atoms with van der Waals surface area (Å²) < 4.78 is 14.8. The largest absolute Gasteiger partial charge is 0.383 e. The molecule has 3 aromatic rings. The van der Waals surface area contributed by atoms with E-state index in [-0.39, 0.29) is 11.2 Å². The summed E-state index contributed by atoms with van der Waals surface area (Å²) in [4.78, 5) is 2.35. The Bertz CT molecular complexity index is 1340. The van der Waals surface area contributed by atoms with Crippen LogP contribution in [0, 0.1) is 5.82 Å². The second-order valence-electron chi connectivity index (χ2n) is 10.8. The lowest BCUT2D eigenvalue weighted by atomic mass is 9.98. The second kappa shape index (κ2) is 14.5. The predicted molar refractivity (Wildman–Crippen MR) is 170 cm³/mol. The summed E-state index contributed by atoms with van der Waals surface area (Å²) >= 11 is 0. The molecular formula is C35H45FN4. The first kappa shape index (κ1) is 30.7. The van der Waals surface area contributed by atoms with Crippen molar-refractivity contribution in [1.29, 1.82) is 0 Å². The highest BCUT2D eigenvalue weighted by Crippen LogP contribution is 2.48. The molecule has 2 heterocycles. The number of likely N-dealkylation sites (N-methyl/N-ethyl adjacent to an activating group) is 1. The molecule has 0 radical (unpaired) electrons. The van der Waals surface area contributed by atoms with E-state index in [4.69, 9.17) is 5.84 Å². The lowest BCUT2D eigenvalue weighted by Crippen LogP contribution is -2.33. The zero-order chi connectivity index (χ0) is 29.1. The maximum absolute atomic E-state index is 13.1. The number of nitrogens with zero attached hydrogens (tertiary/aromatic N) is 2. The maximum atomic E-state index is 13.1. The molecule has 40 heavy (non-hydrogen) atoms. The Hall–Kier alpha value is -3.83. The van der Waals surface area contributed by atoms with E-state index in [2.05, 4.69) is 56.6 Å². The van der Waals surface area contributed by atoms with Gasteiger partial charge in [0.2, 0.25) is 0 Å². The quantitative estimate of drug-likeness (QED) is 0.168. The molecule has 212 valence electrons. The Morgan fingerprint density at radius 1 is 1.12 bits per heavy atom. The first-order valence-corrected chi connectivity index (χ1v) is 14.0. The molecule has 2 aliphatic rings. The van der Waals surface area contributed by atoms with Crippen LogP contribution in [-0.2, 0) is 11.8 Å². The van der Waals surface area contributed by atoms with Crippen LogP contribution in [0.2, 0.25) is 0 Å². The van der Waals surface area contributed by atoms with Gasteiger partial charge in [0, 0.05) is 29.9 Å². The average Bonchev–Trinajstić information content (AvgIpc) is 3.42. The number of likely N-dealkylation sites (tertiary alicyclic amines) is 1. The van der Waals surface area contributed by atoms with Crippen molar-refractivity contribution < 1.29 is 4.39 Å². The van der Waals surface area contributed by atoms with Gasteiger partial charge in [-0.05, 0) is 79.9 Å². The SMILES string of the molecule is C=C/C=C(\C=C)CNC(=C)C1CCCN1C.C=CCc1cn(N)c2ccccc12.CC1(c2ccccc2F)CC1. The van der Waals surface area contributed by atoms with Crippen molar-refractivity contribution in [3.63, 3.8) is 0 Å². The summed E-state index contributed by atoms with van der Waals surface area (Å²) in [6, 6.07) is 15.7. The lowest BCUT2D eigenvalue weighted by Gasteiger charge is -2.23. The monoisotopic (exact) mass is 540 g/mol. The molecule has 2 fully saturated rings. The number of hydrogen-bond donors (Lipinski definition) is 2. The lowest BCUT2D eigenvalue weighted by molar-refractivity contribution is 0.335. The summed E-state index contributed by atoms with van der Waals surface area (Å²) in [6.07, 6.45) is 15.0. The third kappa shape index (κ3) is 8.09. The molecule has 0 bridgehead atoms. The molecule has 0 amide bonds. The van der Waals surface area contributed by atoms with Gasteiger partial charge in [-0.1, -0.05) is 87.4 Å². The summed E-state index contributed by atoms with van der Waals surface area (Å²) in [5.74, 6) is 5.74. The molecule has 1 aromatic heterocycles. The minimum absolute atomic E-state index is 0.0486. The molecule has 1 aliphatic heterocycles. The van der Waals surface area contributed by atoms with Crippen molar-refractivity contribution in [2.24, 2.45) is 0 Å². The second-order valence-corrected chi connectivity index (χ2v) is 10.8. The molecule has 5 heteroatoms. The Labute approximate surface area is 240 Å². The van der Waals surface area contributed by atoms with E-state index < -0.39 is 0 Å². The summed E-state index contributed by atoms with van der Waals surface area (Å²) in [6.45, 7) is 19.4. The Morgan fingerprint density at radius 2 is 1.82 bits per heavy atom. The van der Waals surface area contributed by atoms with Crippen molar-refractivity contribution in [1.82, 2.24) is 14.9 Å². The summed E-state index contributed by atoms with van der Waals surface area (Å²) in [5, 5.41) is 4.58. The number of hydrogen-bond acceptors (Lipinski definition) is 3. The van der Waals surface area contributed by atoms with E-state index >= 15 is 0 Å². The van der Waals surface area contributed by atoms with Gasteiger partial charge in [-0.3, -0.25) is 9.58 Å².